The number of benzene rings is 6. The summed E-state index contributed by atoms with van der Waals surface area (Å²) in [6.45, 7) is 0. The summed E-state index contributed by atoms with van der Waals surface area (Å²) in [5.41, 5.74) is 10.5. The third-order valence-corrected chi connectivity index (χ3v) is 7.58. The molecule has 6 aromatic carbocycles. The van der Waals surface area contributed by atoms with Crippen LogP contribution >= 0.6 is 0 Å². The van der Waals surface area contributed by atoms with E-state index in [1.807, 2.05) is 24.5 Å². The van der Waals surface area contributed by atoms with Gasteiger partial charge in [-0.05, 0) is 69.6 Å². The Morgan fingerprint density at radius 2 is 0.902 bits per heavy atom. The highest BCUT2D eigenvalue weighted by Gasteiger charge is 2.20. The zero-order valence-corrected chi connectivity index (χ0v) is 22.6. The van der Waals surface area contributed by atoms with Gasteiger partial charge in [-0.2, -0.15) is 0 Å². The number of fused-ring (bicyclic) bond motifs is 1. The lowest BCUT2D eigenvalue weighted by Gasteiger charge is -2.30. The van der Waals surface area contributed by atoms with Crippen molar-refractivity contribution in [3.05, 3.63) is 170 Å². The van der Waals surface area contributed by atoms with Gasteiger partial charge in [0.25, 0.3) is 0 Å². The minimum absolute atomic E-state index is 1.10. The maximum Gasteiger partial charge on any atom is 0.0546 e. The third kappa shape index (κ3) is 4.77. The molecule has 0 aliphatic rings. The van der Waals surface area contributed by atoms with Crippen molar-refractivity contribution < 1.29 is 0 Å². The predicted octanol–water partition coefficient (Wildman–Crippen LogP) is 10.7. The Morgan fingerprint density at radius 3 is 1.61 bits per heavy atom. The molecule has 7 rings (SSSR count). The Kier molecular flexibility index (Phi) is 6.56. The summed E-state index contributed by atoms with van der Waals surface area (Å²) >= 11 is 0. The molecule has 0 spiro atoms. The molecule has 0 atom stereocenters. The van der Waals surface area contributed by atoms with Crippen LogP contribution in [0.2, 0.25) is 0 Å². The second-order valence-electron chi connectivity index (χ2n) is 10.0. The molecular formula is C39H28N2. The summed E-state index contributed by atoms with van der Waals surface area (Å²) in [6, 6.07) is 56.2. The van der Waals surface area contributed by atoms with E-state index in [9.17, 15) is 0 Å². The van der Waals surface area contributed by atoms with E-state index in [1.165, 1.54) is 33.0 Å². The molecule has 1 aromatic heterocycles. The molecule has 0 radical (unpaired) electrons. The number of hydrogen-bond donors (Lipinski definition) is 0. The molecule has 0 saturated carbocycles. The minimum Gasteiger partial charge on any atom is -0.309 e. The fourth-order valence-electron chi connectivity index (χ4n) is 5.65. The lowest BCUT2D eigenvalue weighted by atomic mass is 9.95. The normalized spacial score (nSPS) is 10.9. The second kappa shape index (κ2) is 11.0. The predicted molar refractivity (Wildman–Crippen MR) is 173 cm³/mol. The van der Waals surface area contributed by atoms with Crippen molar-refractivity contribution in [1.82, 2.24) is 4.98 Å². The van der Waals surface area contributed by atoms with Crippen molar-refractivity contribution in [3.63, 3.8) is 0 Å². The molecule has 0 fully saturated rings. The lowest BCUT2D eigenvalue weighted by Crippen LogP contribution is -2.12. The molecule has 0 bridgehead atoms. The van der Waals surface area contributed by atoms with Gasteiger partial charge in [-0.25, -0.2) is 0 Å². The first-order chi connectivity index (χ1) is 20.4. The maximum absolute atomic E-state index is 4.19. The first-order valence-electron chi connectivity index (χ1n) is 13.9. The van der Waals surface area contributed by atoms with Crippen molar-refractivity contribution in [1.29, 1.82) is 0 Å². The smallest absolute Gasteiger partial charge is 0.0546 e. The van der Waals surface area contributed by atoms with Gasteiger partial charge in [0.15, 0.2) is 0 Å². The summed E-state index contributed by atoms with van der Waals surface area (Å²) in [7, 11) is 0. The molecule has 7 aromatic rings. The number of nitrogens with zero attached hydrogens (tertiary/aromatic N) is 2. The Balaban J connectivity index is 1.49. The van der Waals surface area contributed by atoms with Gasteiger partial charge in [0.1, 0.15) is 0 Å². The van der Waals surface area contributed by atoms with Crippen molar-refractivity contribution in [2.75, 3.05) is 4.90 Å². The van der Waals surface area contributed by atoms with Crippen LogP contribution in [0.15, 0.2) is 170 Å². The quantitative estimate of drug-likeness (QED) is 0.215. The molecule has 0 saturated heterocycles. The van der Waals surface area contributed by atoms with Crippen LogP contribution in [0.5, 0.6) is 0 Å². The Labute approximate surface area is 240 Å². The highest BCUT2D eigenvalue weighted by atomic mass is 15.1. The zero-order valence-electron chi connectivity index (χ0n) is 22.6. The molecular weight excluding hydrogens is 496 g/mol. The van der Waals surface area contributed by atoms with E-state index < -0.39 is 0 Å². The lowest BCUT2D eigenvalue weighted by molar-refractivity contribution is 1.29. The van der Waals surface area contributed by atoms with Crippen LogP contribution in [-0.2, 0) is 0 Å². The van der Waals surface area contributed by atoms with Gasteiger partial charge in [0.05, 0.1) is 11.4 Å². The van der Waals surface area contributed by atoms with Gasteiger partial charge < -0.3 is 4.90 Å². The summed E-state index contributed by atoms with van der Waals surface area (Å²) in [4.78, 5) is 6.60. The highest BCUT2D eigenvalue weighted by Crippen LogP contribution is 2.45. The van der Waals surface area contributed by atoms with E-state index in [0.29, 0.717) is 0 Å². The monoisotopic (exact) mass is 524 g/mol. The molecule has 0 N–H and O–H groups in total. The van der Waals surface area contributed by atoms with Crippen molar-refractivity contribution in [2.45, 2.75) is 0 Å². The molecule has 2 nitrogen and oxygen atoms in total. The van der Waals surface area contributed by atoms with Crippen LogP contribution in [0.4, 0.5) is 17.1 Å². The van der Waals surface area contributed by atoms with Crippen LogP contribution in [0.1, 0.15) is 0 Å². The zero-order chi connectivity index (χ0) is 27.4. The average molecular weight is 525 g/mol. The first-order valence-corrected chi connectivity index (χ1v) is 13.9. The molecule has 2 heteroatoms. The van der Waals surface area contributed by atoms with Gasteiger partial charge in [-0.1, -0.05) is 121 Å². The number of para-hydroxylation sites is 1. The second-order valence-corrected chi connectivity index (χ2v) is 10.0. The molecule has 194 valence electrons. The van der Waals surface area contributed by atoms with Gasteiger partial charge in [-0.15, -0.1) is 0 Å². The summed E-state index contributed by atoms with van der Waals surface area (Å²) in [5, 5.41) is 2.43. The number of pyridine rings is 1. The topological polar surface area (TPSA) is 16.1 Å². The van der Waals surface area contributed by atoms with E-state index in [1.54, 1.807) is 0 Å². The third-order valence-electron chi connectivity index (χ3n) is 7.58. The Bertz CT molecular complexity index is 1910. The number of anilines is 3. The van der Waals surface area contributed by atoms with Crippen LogP contribution in [0.25, 0.3) is 44.2 Å². The van der Waals surface area contributed by atoms with E-state index in [2.05, 4.69) is 155 Å². The Morgan fingerprint density at radius 1 is 0.366 bits per heavy atom. The van der Waals surface area contributed by atoms with Crippen molar-refractivity contribution in [2.24, 2.45) is 0 Å². The van der Waals surface area contributed by atoms with Gasteiger partial charge in [0, 0.05) is 29.0 Å². The minimum atomic E-state index is 1.10. The van der Waals surface area contributed by atoms with E-state index in [0.717, 1.165) is 28.2 Å². The van der Waals surface area contributed by atoms with Crippen LogP contribution < -0.4 is 4.90 Å². The van der Waals surface area contributed by atoms with E-state index >= 15 is 0 Å². The summed E-state index contributed by atoms with van der Waals surface area (Å²) in [5.74, 6) is 0. The molecule has 0 amide bonds. The molecule has 41 heavy (non-hydrogen) atoms. The van der Waals surface area contributed by atoms with Gasteiger partial charge >= 0.3 is 0 Å². The number of rotatable bonds is 6. The molecule has 0 unspecified atom stereocenters. The fourth-order valence-corrected chi connectivity index (χ4v) is 5.65. The summed E-state index contributed by atoms with van der Waals surface area (Å²) in [6.07, 6.45) is 3.68. The highest BCUT2D eigenvalue weighted by molar-refractivity contribution is 6.08. The van der Waals surface area contributed by atoms with Crippen LogP contribution in [0.3, 0.4) is 0 Å². The number of aromatic nitrogens is 1. The van der Waals surface area contributed by atoms with Crippen LogP contribution in [-0.4, -0.2) is 4.98 Å². The molecule has 0 aliphatic carbocycles. The Hall–Kier alpha value is -5.47. The van der Waals surface area contributed by atoms with Gasteiger partial charge in [-0.3, -0.25) is 4.98 Å². The van der Waals surface area contributed by atoms with E-state index in [-0.39, 0.29) is 0 Å². The number of hydrogen-bond acceptors (Lipinski definition) is 2. The van der Waals surface area contributed by atoms with Crippen LogP contribution in [0, 0.1) is 0 Å². The van der Waals surface area contributed by atoms with E-state index in [4.69, 9.17) is 0 Å². The largest absolute Gasteiger partial charge is 0.309 e. The first kappa shape index (κ1) is 24.6. The van der Waals surface area contributed by atoms with Gasteiger partial charge in [0.2, 0.25) is 0 Å². The molecule has 1 heterocycles. The fraction of sp³-hybridized carbons (Fsp3) is 0. The average Bonchev–Trinajstić information content (AvgIpc) is 3.06. The SMILES string of the molecule is c1ccc(-c2ccccc2N(c2ccc(-c3ccncc3)cc2)c2cccc3cccc(-c4ccccc4)c23)cc1. The van der Waals surface area contributed by atoms with Crippen molar-refractivity contribution in [3.8, 4) is 33.4 Å². The summed E-state index contributed by atoms with van der Waals surface area (Å²) < 4.78 is 0. The standard InChI is InChI=1S/C39H28N2/c1-3-11-31(12-4-1)35-17-7-8-19-37(35)41(34-23-21-29(22-24-34)30-25-27-40-28-26-30)38-20-10-16-33-15-9-18-36(39(33)38)32-13-5-2-6-14-32/h1-28H. The maximum atomic E-state index is 4.19. The molecule has 0 aliphatic heterocycles. The van der Waals surface area contributed by atoms with Crippen molar-refractivity contribution >= 4 is 27.8 Å².